The van der Waals surface area contributed by atoms with Crippen LogP contribution in [0.4, 0.5) is 10.1 Å². The summed E-state index contributed by atoms with van der Waals surface area (Å²) in [5.41, 5.74) is 11.2. The van der Waals surface area contributed by atoms with E-state index in [2.05, 4.69) is 0 Å². The van der Waals surface area contributed by atoms with Crippen molar-refractivity contribution in [2.75, 3.05) is 18.9 Å². The molecule has 0 radical (unpaired) electrons. The average Bonchev–Trinajstić information content (AvgIpc) is 2.16. The van der Waals surface area contributed by atoms with Gasteiger partial charge >= 0.3 is 0 Å². The first-order chi connectivity index (χ1) is 6.94. The normalized spacial score (nSPS) is 11.5. The molecule has 3 nitrogen and oxygen atoms in total. The zero-order chi connectivity index (χ0) is 11.5. The van der Waals surface area contributed by atoms with Crippen molar-refractivity contribution in [3.05, 3.63) is 24.0 Å². The zero-order valence-electron chi connectivity index (χ0n) is 9.09. The number of benzene rings is 1. The van der Waals surface area contributed by atoms with Crippen LogP contribution in [0.3, 0.4) is 0 Å². The number of hydrogen-bond acceptors (Lipinski definition) is 3. The van der Waals surface area contributed by atoms with Crippen LogP contribution >= 0.6 is 0 Å². The molecule has 0 unspecified atom stereocenters. The first-order valence-corrected chi connectivity index (χ1v) is 4.82. The van der Waals surface area contributed by atoms with Gasteiger partial charge in [-0.2, -0.15) is 0 Å². The minimum absolute atomic E-state index is 0.159. The molecule has 0 heterocycles. The van der Waals surface area contributed by atoms with Crippen LogP contribution in [0, 0.1) is 11.2 Å². The molecule has 15 heavy (non-hydrogen) atoms. The summed E-state index contributed by atoms with van der Waals surface area (Å²) in [6.45, 7) is 4.79. The number of halogens is 1. The van der Waals surface area contributed by atoms with Crippen LogP contribution in [0.5, 0.6) is 5.75 Å². The van der Waals surface area contributed by atoms with Crippen molar-refractivity contribution in [3.8, 4) is 5.75 Å². The molecule has 0 saturated heterocycles. The molecule has 1 aromatic rings. The molecular formula is C11H17FN2O. The van der Waals surface area contributed by atoms with Gasteiger partial charge in [-0.1, -0.05) is 13.8 Å². The summed E-state index contributed by atoms with van der Waals surface area (Å²) in [5.74, 6) is -0.228. The van der Waals surface area contributed by atoms with Gasteiger partial charge in [-0.05, 0) is 12.1 Å². The fourth-order valence-corrected chi connectivity index (χ4v) is 0.966. The second-order valence-corrected chi connectivity index (χ2v) is 4.35. The standard InChI is InChI=1S/C11H17FN2O/c1-11(2,6-13)7-15-10-4-3-8(14)5-9(10)12/h3-5H,6-7,13-14H2,1-2H3. The van der Waals surface area contributed by atoms with Crippen molar-refractivity contribution in [1.82, 2.24) is 0 Å². The molecule has 0 spiro atoms. The highest BCUT2D eigenvalue weighted by Gasteiger charge is 2.17. The first kappa shape index (κ1) is 11.8. The van der Waals surface area contributed by atoms with Crippen LogP contribution in [0.25, 0.3) is 0 Å². The third kappa shape index (κ3) is 3.40. The summed E-state index contributed by atoms with van der Waals surface area (Å²) in [4.78, 5) is 0. The van der Waals surface area contributed by atoms with Gasteiger partial charge in [-0.15, -0.1) is 0 Å². The van der Waals surface area contributed by atoms with Gasteiger partial charge in [0, 0.05) is 23.7 Å². The first-order valence-electron chi connectivity index (χ1n) is 4.82. The van der Waals surface area contributed by atoms with Crippen LogP contribution in [-0.2, 0) is 0 Å². The van der Waals surface area contributed by atoms with Crippen molar-refractivity contribution >= 4 is 5.69 Å². The van der Waals surface area contributed by atoms with Crippen molar-refractivity contribution in [2.45, 2.75) is 13.8 Å². The quantitative estimate of drug-likeness (QED) is 0.748. The van der Waals surface area contributed by atoms with Crippen LogP contribution in [0.1, 0.15) is 13.8 Å². The van der Waals surface area contributed by atoms with Gasteiger partial charge in [0.25, 0.3) is 0 Å². The lowest BCUT2D eigenvalue weighted by atomic mass is 9.95. The summed E-state index contributed by atoms with van der Waals surface area (Å²) >= 11 is 0. The Labute approximate surface area is 89.2 Å². The maximum Gasteiger partial charge on any atom is 0.167 e. The Morgan fingerprint density at radius 3 is 2.60 bits per heavy atom. The van der Waals surface area contributed by atoms with E-state index in [0.29, 0.717) is 18.8 Å². The van der Waals surface area contributed by atoms with Gasteiger partial charge in [-0.25, -0.2) is 4.39 Å². The van der Waals surface area contributed by atoms with Gasteiger partial charge in [0.15, 0.2) is 11.6 Å². The van der Waals surface area contributed by atoms with E-state index in [0.717, 1.165) is 0 Å². The monoisotopic (exact) mass is 212 g/mol. The highest BCUT2D eigenvalue weighted by molar-refractivity contribution is 5.42. The minimum Gasteiger partial charge on any atom is -0.490 e. The lowest BCUT2D eigenvalue weighted by Gasteiger charge is -2.22. The molecule has 0 fully saturated rings. The number of ether oxygens (including phenoxy) is 1. The summed E-state index contributed by atoms with van der Waals surface area (Å²) in [6, 6.07) is 4.37. The maximum atomic E-state index is 13.3. The van der Waals surface area contributed by atoms with Crippen LogP contribution in [-0.4, -0.2) is 13.2 Å². The summed E-state index contributed by atoms with van der Waals surface area (Å²) < 4.78 is 18.6. The van der Waals surface area contributed by atoms with E-state index in [4.69, 9.17) is 16.2 Å². The number of nitrogen functional groups attached to an aromatic ring is 1. The average molecular weight is 212 g/mol. The van der Waals surface area contributed by atoms with E-state index in [1.807, 2.05) is 13.8 Å². The molecule has 0 amide bonds. The highest BCUT2D eigenvalue weighted by atomic mass is 19.1. The largest absolute Gasteiger partial charge is 0.490 e. The molecule has 1 rings (SSSR count). The number of anilines is 1. The van der Waals surface area contributed by atoms with E-state index in [9.17, 15) is 4.39 Å². The van der Waals surface area contributed by atoms with Gasteiger partial charge in [0.1, 0.15) is 0 Å². The van der Waals surface area contributed by atoms with E-state index < -0.39 is 5.82 Å². The summed E-state index contributed by atoms with van der Waals surface area (Å²) in [6.07, 6.45) is 0. The van der Waals surface area contributed by atoms with Gasteiger partial charge in [-0.3, -0.25) is 0 Å². The lowest BCUT2D eigenvalue weighted by Crippen LogP contribution is -2.30. The third-order valence-electron chi connectivity index (χ3n) is 2.13. The highest BCUT2D eigenvalue weighted by Crippen LogP contribution is 2.22. The molecule has 0 aliphatic rings. The van der Waals surface area contributed by atoms with E-state index >= 15 is 0 Å². The Morgan fingerprint density at radius 2 is 2.07 bits per heavy atom. The second kappa shape index (κ2) is 4.49. The van der Waals surface area contributed by atoms with Gasteiger partial charge in [0.2, 0.25) is 0 Å². The molecule has 1 aromatic carbocycles. The topological polar surface area (TPSA) is 61.3 Å². The predicted octanol–water partition coefficient (Wildman–Crippen LogP) is 1.77. The smallest absolute Gasteiger partial charge is 0.167 e. The van der Waals surface area contributed by atoms with Crippen molar-refractivity contribution in [1.29, 1.82) is 0 Å². The van der Waals surface area contributed by atoms with Crippen molar-refractivity contribution < 1.29 is 9.13 Å². The zero-order valence-corrected chi connectivity index (χ0v) is 9.09. The Kier molecular flexibility index (Phi) is 3.52. The Bertz CT molecular complexity index is 339. The van der Waals surface area contributed by atoms with Crippen LogP contribution < -0.4 is 16.2 Å². The third-order valence-corrected chi connectivity index (χ3v) is 2.13. The second-order valence-electron chi connectivity index (χ2n) is 4.35. The number of hydrogen-bond donors (Lipinski definition) is 2. The Balaban J connectivity index is 2.66. The van der Waals surface area contributed by atoms with Crippen molar-refractivity contribution in [2.24, 2.45) is 11.1 Å². The maximum absolute atomic E-state index is 13.3. The fourth-order valence-electron chi connectivity index (χ4n) is 0.966. The van der Waals surface area contributed by atoms with Crippen molar-refractivity contribution in [3.63, 3.8) is 0 Å². The molecule has 4 heteroatoms. The molecule has 0 aromatic heterocycles. The number of rotatable bonds is 4. The summed E-state index contributed by atoms with van der Waals surface area (Å²) in [5, 5.41) is 0. The molecule has 0 aliphatic heterocycles. The molecular weight excluding hydrogens is 195 g/mol. The van der Waals surface area contributed by atoms with Gasteiger partial charge < -0.3 is 16.2 Å². The molecule has 4 N–H and O–H groups in total. The molecule has 84 valence electrons. The van der Waals surface area contributed by atoms with Crippen LogP contribution in [0.2, 0.25) is 0 Å². The lowest BCUT2D eigenvalue weighted by molar-refractivity contribution is 0.181. The van der Waals surface area contributed by atoms with E-state index in [1.54, 1.807) is 6.07 Å². The minimum atomic E-state index is -0.442. The molecule has 0 atom stereocenters. The van der Waals surface area contributed by atoms with Gasteiger partial charge in [0.05, 0.1) is 6.61 Å². The van der Waals surface area contributed by atoms with E-state index in [1.165, 1.54) is 12.1 Å². The van der Waals surface area contributed by atoms with Crippen LogP contribution in [0.15, 0.2) is 18.2 Å². The fraction of sp³-hybridized carbons (Fsp3) is 0.455. The Morgan fingerprint density at radius 1 is 1.40 bits per heavy atom. The Hall–Kier alpha value is -1.29. The van der Waals surface area contributed by atoms with E-state index in [-0.39, 0.29) is 11.2 Å². The molecule has 0 bridgehead atoms. The SMILES string of the molecule is CC(C)(CN)COc1ccc(N)cc1F. The number of nitrogens with two attached hydrogens (primary N) is 2. The predicted molar refractivity (Wildman–Crippen MR) is 59.1 cm³/mol. The molecule has 0 aliphatic carbocycles. The summed E-state index contributed by atoms with van der Waals surface area (Å²) in [7, 11) is 0. The molecule has 0 saturated carbocycles.